The Morgan fingerprint density at radius 1 is 1.26 bits per heavy atom. The molecule has 1 N–H and O–H groups in total. The van der Waals surface area contributed by atoms with Crippen LogP contribution in [0.25, 0.3) is 0 Å². The molecule has 23 heavy (non-hydrogen) atoms. The third-order valence-electron chi connectivity index (χ3n) is 3.36. The van der Waals surface area contributed by atoms with Crippen molar-refractivity contribution in [2.45, 2.75) is 26.3 Å². The number of methoxy groups -OCH3 is 2. The van der Waals surface area contributed by atoms with E-state index in [1.807, 2.05) is 13.8 Å². The quantitative estimate of drug-likeness (QED) is 0.770. The first-order chi connectivity index (χ1) is 10.7. The second-order valence-electron chi connectivity index (χ2n) is 5.19. The molecule has 1 aromatic rings. The molecule has 0 aliphatic rings. The van der Waals surface area contributed by atoms with Gasteiger partial charge in [0.05, 0.1) is 26.2 Å². The van der Waals surface area contributed by atoms with E-state index in [-0.39, 0.29) is 18.5 Å². The Balaban J connectivity index is 3.11. The molecular weight excluding hydrogens is 320 g/mol. The van der Waals surface area contributed by atoms with Crippen LogP contribution in [0.5, 0.6) is 11.5 Å². The molecule has 0 spiro atoms. The Hall–Kier alpha value is -1.96. The minimum absolute atomic E-state index is 0.0192. The second kappa shape index (κ2) is 8.05. The number of nitrogens with zero attached hydrogens (tertiary/aromatic N) is 1. The van der Waals surface area contributed by atoms with E-state index >= 15 is 0 Å². The maximum absolute atomic E-state index is 12.1. The van der Waals surface area contributed by atoms with Crippen LogP contribution in [0, 0.1) is 0 Å². The zero-order chi connectivity index (χ0) is 17.6. The van der Waals surface area contributed by atoms with Crippen molar-refractivity contribution in [1.29, 1.82) is 0 Å². The number of anilines is 1. The van der Waals surface area contributed by atoms with Gasteiger partial charge in [-0.25, -0.2) is 8.42 Å². The Morgan fingerprint density at radius 3 is 2.35 bits per heavy atom. The fraction of sp³-hybridized carbons (Fsp3) is 0.533. The maximum Gasteiger partial charge on any atom is 0.240 e. The number of sulfonamides is 1. The molecule has 0 bridgehead atoms. The van der Waals surface area contributed by atoms with Crippen LogP contribution in [0.4, 0.5) is 5.69 Å². The molecule has 1 atom stereocenters. The van der Waals surface area contributed by atoms with E-state index in [4.69, 9.17) is 9.47 Å². The Bertz CT molecular complexity index is 645. The third kappa shape index (κ3) is 5.31. The van der Waals surface area contributed by atoms with Crippen LogP contribution in [0.1, 0.15) is 20.3 Å². The van der Waals surface area contributed by atoms with E-state index < -0.39 is 10.0 Å². The normalized spacial score (nSPS) is 12.4. The summed E-state index contributed by atoms with van der Waals surface area (Å²) in [5.41, 5.74) is 0.337. The number of rotatable bonds is 8. The molecule has 0 aliphatic carbocycles. The van der Waals surface area contributed by atoms with Gasteiger partial charge in [-0.1, -0.05) is 6.92 Å². The van der Waals surface area contributed by atoms with E-state index in [9.17, 15) is 13.2 Å². The van der Waals surface area contributed by atoms with Crippen LogP contribution >= 0.6 is 0 Å². The number of carbonyl (C=O) groups excluding carboxylic acids is 1. The third-order valence-corrected chi connectivity index (χ3v) is 4.50. The lowest BCUT2D eigenvalue weighted by molar-refractivity contribution is -0.120. The van der Waals surface area contributed by atoms with Crippen molar-refractivity contribution in [3.63, 3.8) is 0 Å². The summed E-state index contributed by atoms with van der Waals surface area (Å²) in [5.74, 6) is 0.509. The summed E-state index contributed by atoms with van der Waals surface area (Å²) >= 11 is 0. The van der Waals surface area contributed by atoms with Gasteiger partial charge in [-0.2, -0.15) is 0 Å². The molecule has 0 radical (unpaired) electrons. The van der Waals surface area contributed by atoms with Crippen molar-refractivity contribution < 1.29 is 22.7 Å². The van der Waals surface area contributed by atoms with Gasteiger partial charge in [-0.05, 0) is 25.5 Å². The Kier molecular flexibility index (Phi) is 6.68. The monoisotopic (exact) mass is 344 g/mol. The fourth-order valence-electron chi connectivity index (χ4n) is 1.93. The van der Waals surface area contributed by atoms with Crippen molar-refractivity contribution in [2.24, 2.45) is 0 Å². The van der Waals surface area contributed by atoms with E-state index in [1.165, 1.54) is 20.3 Å². The van der Waals surface area contributed by atoms with Gasteiger partial charge in [0.2, 0.25) is 15.9 Å². The molecule has 130 valence electrons. The molecule has 0 heterocycles. The van der Waals surface area contributed by atoms with Gasteiger partial charge in [-0.15, -0.1) is 0 Å². The standard InChI is InChI=1S/C15H24N2O5S/c1-6-11(2)16-15(18)10-17(23(5,19)20)12-7-8-13(21-3)14(9-12)22-4/h7-9,11H,6,10H2,1-5H3,(H,16,18)/t11-/m0/s1. The van der Waals surface area contributed by atoms with Crippen molar-refractivity contribution >= 4 is 21.6 Å². The minimum Gasteiger partial charge on any atom is -0.493 e. The molecule has 1 amide bonds. The smallest absolute Gasteiger partial charge is 0.240 e. The number of hydrogen-bond acceptors (Lipinski definition) is 5. The summed E-state index contributed by atoms with van der Waals surface area (Å²) in [6, 6.07) is 4.67. The lowest BCUT2D eigenvalue weighted by Gasteiger charge is -2.23. The molecule has 0 unspecified atom stereocenters. The molecule has 0 aromatic heterocycles. The Morgan fingerprint density at radius 2 is 1.87 bits per heavy atom. The molecule has 1 rings (SSSR count). The van der Waals surface area contributed by atoms with E-state index in [1.54, 1.807) is 12.1 Å². The summed E-state index contributed by atoms with van der Waals surface area (Å²) in [5, 5.41) is 2.75. The van der Waals surface area contributed by atoms with Crippen LogP contribution in [-0.4, -0.2) is 47.4 Å². The topological polar surface area (TPSA) is 84.9 Å². The highest BCUT2D eigenvalue weighted by Crippen LogP contribution is 2.32. The van der Waals surface area contributed by atoms with Crippen molar-refractivity contribution in [3.8, 4) is 11.5 Å². The number of hydrogen-bond donors (Lipinski definition) is 1. The summed E-state index contributed by atoms with van der Waals surface area (Å²) in [6.45, 7) is 3.51. The highest BCUT2D eigenvalue weighted by molar-refractivity contribution is 7.92. The van der Waals surface area contributed by atoms with Gasteiger partial charge < -0.3 is 14.8 Å². The molecule has 1 aromatic carbocycles. The van der Waals surface area contributed by atoms with Gasteiger partial charge in [-0.3, -0.25) is 9.10 Å². The first-order valence-corrected chi connectivity index (χ1v) is 9.06. The lowest BCUT2D eigenvalue weighted by atomic mass is 10.2. The molecular formula is C15H24N2O5S. The zero-order valence-electron chi connectivity index (χ0n) is 14.1. The molecule has 0 aliphatic heterocycles. The number of ether oxygens (including phenoxy) is 2. The van der Waals surface area contributed by atoms with Crippen molar-refractivity contribution in [2.75, 3.05) is 31.3 Å². The van der Waals surface area contributed by atoms with E-state index in [0.29, 0.717) is 17.2 Å². The number of nitrogens with one attached hydrogen (secondary N) is 1. The molecule has 0 saturated carbocycles. The zero-order valence-corrected chi connectivity index (χ0v) is 14.9. The van der Waals surface area contributed by atoms with Gasteiger partial charge in [0.1, 0.15) is 6.54 Å². The van der Waals surface area contributed by atoms with Gasteiger partial charge in [0, 0.05) is 12.1 Å². The molecule has 7 nitrogen and oxygen atoms in total. The molecule has 0 fully saturated rings. The first-order valence-electron chi connectivity index (χ1n) is 7.22. The fourth-order valence-corrected chi connectivity index (χ4v) is 2.78. The van der Waals surface area contributed by atoms with Crippen LogP contribution in [-0.2, 0) is 14.8 Å². The summed E-state index contributed by atoms with van der Waals surface area (Å²) in [6.07, 6.45) is 1.82. The van der Waals surface area contributed by atoms with Crippen molar-refractivity contribution in [1.82, 2.24) is 5.32 Å². The largest absolute Gasteiger partial charge is 0.493 e. The van der Waals surface area contributed by atoms with E-state index in [0.717, 1.165) is 17.0 Å². The average Bonchev–Trinajstić information content (AvgIpc) is 2.50. The summed E-state index contributed by atoms with van der Waals surface area (Å²) < 4.78 is 35.4. The summed E-state index contributed by atoms with van der Waals surface area (Å²) in [4.78, 5) is 12.0. The predicted molar refractivity (Wildman–Crippen MR) is 89.6 cm³/mol. The minimum atomic E-state index is -3.62. The number of carbonyl (C=O) groups is 1. The lowest BCUT2D eigenvalue weighted by Crippen LogP contribution is -2.43. The summed E-state index contributed by atoms with van der Waals surface area (Å²) in [7, 11) is -0.672. The van der Waals surface area contributed by atoms with Gasteiger partial charge in [0.25, 0.3) is 0 Å². The molecule has 0 saturated heterocycles. The van der Waals surface area contributed by atoms with E-state index in [2.05, 4.69) is 5.32 Å². The van der Waals surface area contributed by atoms with Gasteiger partial charge in [0.15, 0.2) is 11.5 Å². The second-order valence-corrected chi connectivity index (χ2v) is 7.09. The maximum atomic E-state index is 12.1. The predicted octanol–water partition coefficient (Wildman–Crippen LogP) is 1.38. The van der Waals surface area contributed by atoms with Crippen LogP contribution in [0.3, 0.4) is 0 Å². The van der Waals surface area contributed by atoms with Crippen LogP contribution in [0.2, 0.25) is 0 Å². The first kappa shape index (κ1) is 19.1. The highest BCUT2D eigenvalue weighted by atomic mass is 32.2. The van der Waals surface area contributed by atoms with Crippen LogP contribution < -0.4 is 19.1 Å². The van der Waals surface area contributed by atoms with Gasteiger partial charge >= 0.3 is 0 Å². The highest BCUT2D eigenvalue weighted by Gasteiger charge is 2.22. The number of benzene rings is 1. The SMILES string of the molecule is CC[C@H](C)NC(=O)CN(c1ccc(OC)c(OC)c1)S(C)(=O)=O. The number of amides is 1. The average molecular weight is 344 g/mol. The molecule has 8 heteroatoms. The van der Waals surface area contributed by atoms with Crippen molar-refractivity contribution in [3.05, 3.63) is 18.2 Å². The van der Waals surface area contributed by atoms with Crippen LogP contribution in [0.15, 0.2) is 18.2 Å². The Labute approximate surface area is 137 Å².